The second kappa shape index (κ2) is 4.83. The van der Waals surface area contributed by atoms with Crippen LogP contribution in [0.25, 0.3) is 0 Å². The van der Waals surface area contributed by atoms with E-state index in [1.54, 1.807) is 10.9 Å². The molecule has 0 saturated carbocycles. The van der Waals surface area contributed by atoms with Crippen LogP contribution < -0.4 is 5.73 Å². The summed E-state index contributed by atoms with van der Waals surface area (Å²) in [5.74, 6) is 0.402. The molecule has 0 radical (unpaired) electrons. The molecule has 2 N–H and O–H groups in total. The number of rotatable bonds is 3. The van der Waals surface area contributed by atoms with E-state index < -0.39 is 0 Å². The van der Waals surface area contributed by atoms with Crippen LogP contribution in [0.1, 0.15) is 0 Å². The summed E-state index contributed by atoms with van der Waals surface area (Å²) in [5, 5.41) is 4.62. The van der Waals surface area contributed by atoms with Crippen LogP contribution in [0, 0.1) is 0 Å². The van der Waals surface area contributed by atoms with Crippen LogP contribution in [-0.4, -0.2) is 47.5 Å². The number of hydrogen-bond acceptors (Lipinski definition) is 4. The van der Waals surface area contributed by atoms with Crippen molar-refractivity contribution in [2.75, 3.05) is 38.6 Å². The van der Waals surface area contributed by atoms with Crippen molar-refractivity contribution in [2.24, 2.45) is 0 Å². The zero-order valence-corrected chi connectivity index (χ0v) is 9.28. The second-order valence-electron chi connectivity index (χ2n) is 3.58. The number of morpholine rings is 1. The van der Waals surface area contributed by atoms with Gasteiger partial charge in [-0.1, -0.05) is 11.6 Å². The van der Waals surface area contributed by atoms with E-state index in [1.807, 2.05) is 0 Å². The topological polar surface area (TPSA) is 56.3 Å². The molecule has 0 atom stereocenters. The zero-order chi connectivity index (χ0) is 10.7. The van der Waals surface area contributed by atoms with Crippen molar-refractivity contribution in [1.82, 2.24) is 14.7 Å². The number of hydrogen-bond donors (Lipinski definition) is 1. The van der Waals surface area contributed by atoms with Gasteiger partial charge in [0.25, 0.3) is 0 Å². The molecule has 1 aliphatic rings. The highest BCUT2D eigenvalue weighted by molar-refractivity contribution is 6.32. The quantitative estimate of drug-likeness (QED) is 0.819. The average Bonchev–Trinajstić information content (AvgIpc) is 2.57. The number of nitrogens with zero attached hydrogens (tertiary/aromatic N) is 3. The Morgan fingerprint density at radius 3 is 2.73 bits per heavy atom. The number of nitrogen functional groups attached to an aromatic ring is 1. The number of anilines is 1. The van der Waals surface area contributed by atoms with Crippen molar-refractivity contribution in [2.45, 2.75) is 6.54 Å². The molecule has 0 unspecified atom stereocenters. The predicted molar refractivity (Wildman–Crippen MR) is 58.9 cm³/mol. The van der Waals surface area contributed by atoms with E-state index in [-0.39, 0.29) is 0 Å². The van der Waals surface area contributed by atoms with E-state index in [9.17, 15) is 0 Å². The Morgan fingerprint density at radius 2 is 2.13 bits per heavy atom. The minimum atomic E-state index is 0.402. The number of ether oxygens (including phenoxy) is 1. The monoisotopic (exact) mass is 230 g/mol. The molecule has 5 nitrogen and oxygen atoms in total. The third-order valence-electron chi connectivity index (χ3n) is 2.49. The molecule has 0 bridgehead atoms. The molecule has 1 aromatic heterocycles. The van der Waals surface area contributed by atoms with Crippen LogP contribution in [0.15, 0.2) is 6.20 Å². The first-order chi connectivity index (χ1) is 7.25. The van der Waals surface area contributed by atoms with E-state index in [0.717, 1.165) is 39.4 Å². The highest BCUT2D eigenvalue weighted by atomic mass is 35.5. The van der Waals surface area contributed by atoms with Gasteiger partial charge in [0, 0.05) is 25.8 Å². The Morgan fingerprint density at radius 1 is 1.40 bits per heavy atom. The smallest absolute Gasteiger partial charge is 0.164 e. The first-order valence-electron chi connectivity index (χ1n) is 5.04. The van der Waals surface area contributed by atoms with Gasteiger partial charge in [-0.2, -0.15) is 5.10 Å². The SMILES string of the molecule is Nc1nn(CCN2CCOCC2)cc1Cl. The maximum Gasteiger partial charge on any atom is 0.164 e. The van der Waals surface area contributed by atoms with Crippen LogP contribution in [0.3, 0.4) is 0 Å². The van der Waals surface area contributed by atoms with E-state index in [1.165, 1.54) is 0 Å². The van der Waals surface area contributed by atoms with Gasteiger partial charge in [0.2, 0.25) is 0 Å². The molecule has 2 rings (SSSR count). The lowest BCUT2D eigenvalue weighted by Gasteiger charge is -2.26. The van der Waals surface area contributed by atoms with E-state index in [4.69, 9.17) is 22.1 Å². The summed E-state index contributed by atoms with van der Waals surface area (Å²) >= 11 is 5.81. The van der Waals surface area contributed by atoms with E-state index >= 15 is 0 Å². The summed E-state index contributed by atoms with van der Waals surface area (Å²) in [5.41, 5.74) is 5.55. The van der Waals surface area contributed by atoms with Crippen LogP contribution in [0.2, 0.25) is 5.02 Å². The normalized spacial score (nSPS) is 18.2. The number of nitrogens with two attached hydrogens (primary N) is 1. The molecule has 0 aromatic carbocycles. The molecule has 0 amide bonds. The number of aromatic nitrogens is 2. The fourth-order valence-corrected chi connectivity index (χ4v) is 1.75. The molecule has 1 saturated heterocycles. The van der Waals surface area contributed by atoms with Gasteiger partial charge in [-0.15, -0.1) is 0 Å². The summed E-state index contributed by atoms with van der Waals surface area (Å²) < 4.78 is 7.05. The zero-order valence-electron chi connectivity index (χ0n) is 8.53. The largest absolute Gasteiger partial charge is 0.381 e. The molecule has 0 aliphatic carbocycles. The van der Waals surface area contributed by atoms with Crippen molar-refractivity contribution in [3.63, 3.8) is 0 Å². The van der Waals surface area contributed by atoms with Gasteiger partial charge in [0.05, 0.1) is 19.8 Å². The average molecular weight is 231 g/mol. The molecule has 2 heterocycles. The summed E-state index contributed by atoms with van der Waals surface area (Å²) in [6.45, 7) is 5.40. The molecular weight excluding hydrogens is 216 g/mol. The van der Waals surface area contributed by atoms with Crippen LogP contribution in [0.5, 0.6) is 0 Å². The maximum atomic E-state index is 5.81. The molecule has 15 heavy (non-hydrogen) atoms. The molecule has 84 valence electrons. The second-order valence-corrected chi connectivity index (χ2v) is 3.99. The van der Waals surface area contributed by atoms with Crippen LogP contribution in [-0.2, 0) is 11.3 Å². The lowest BCUT2D eigenvalue weighted by atomic mass is 10.4. The van der Waals surface area contributed by atoms with Crippen molar-refractivity contribution in [3.8, 4) is 0 Å². The third-order valence-corrected chi connectivity index (χ3v) is 2.78. The van der Waals surface area contributed by atoms with Crippen molar-refractivity contribution in [3.05, 3.63) is 11.2 Å². The van der Waals surface area contributed by atoms with Gasteiger partial charge in [-0.05, 0) is 0 Å². The fourth-order valence-electron chi connectivity index (χ4n) is 1.60. The molecule has 6 heteroatoms. The minimum absolute atomic E-state index is 0.402. The van der Waals surface area contributed by atoms with Crippen molar-refractivity contribution >= 4 is 17.4 Å². The molecule has 1 aliphatic heterocycles. The fraction of sp³-hybridized carbons (Fsp3) is 0.667. The highest BCUT2D eigenvalue weighted by Gasteiger charge is 2.10. The maximum absolute atomic E-state index is 5.81. The van der Waals surface area contributed by atoms with Gasteiger partial charge in [-0.25, -0.2) is 0 Å². The van der Waals surface area contributed by atoms with E-state index in [2.05, 4.69) is 10.00 Å². The van der Waals surface area contributed by atoms with Crippen LogP contribution in [0.4, 0.5) is 5.82 Å². The number of halogens is 1. The first-order valence-corrected chi connectivity index (χ1v) is 5.42. The summed E-state index contributed by atoms with van der Waals surface area (Å²) in [6.07, 6.45) is 1.76. The Bertz CT molecular complexity index is 302. The lowest BCUT2D eigenvalue weighted by molar-refractivity contribution is 0.0360. The standard InChI is InChI=1S/C9H15ClN4O/c10-8-7-14(12-9(8)11)2-1-13-3-5-15-6-4-13/h7H,1-6H2,(H2,11,12). The van der Waals surface area contributed by atoms with Gasteiger partial charge in [-0.3, -0.25) is 9.58 Å². The predicted octanol–water partition coefficient (Wildman–Crippen LogP) is 0.451. The van der Waals surface area contributed by atoms with Gasteiger partial charge in [0.1, 0.15) is 5.02 Å². The summed E-state index contributed by atoms with van der Waals surface area (Å²) in [7, 11) is 0. The molecular formula is C9H15ClN4O. The Balaban J connectivity index is 1.81. The van der Waals surface area contributed by atoms with Gasteiger partial charge in [0.15, 0.2) is 5.82 Å². The highest BCUT2D eigenvalue weighted by Crippen LogP contribution is 2.14. The first kappa shape index (κ1) is 10.7. The Kier molecular flexibility index (Phi) is 3.45. The summed E-state index contributed by atoms with van der Waals surface area (Å²) in [4.78, 5) is 2.34. The summed E-state index contributed by atoms with van der Waals surface area (Å²) in [6, 6.07) is 0. The molecule has 1 fully saturated rings. The van der Waals surface area contributed by atoms with Crippen molar-refractivity contribution < 1.29 is 4.74 Å². The minimum Gasteiger partial charge on any atom is -0.381 e. The van der Waals surface area contributed by atoms with Gasteiger partial charge >= 0.3 is 0 Å². The van der Waals surface area contributed by atoms with E-state index in [0.29, 0.717) is 10.8 Å². The van der Waals surface area contributed by atoms with Crippen molar-refractivity contribution in [1.29, 1.82) is 0 Å². The lowest BCUT2D eigenvalue weighted by Crippen LogP contribution is -2.38. The van der Waals surface area contributed by atoms with Gasteiger partial charge < -0.3 is 10.5 Å². The molecule has 1 aromatic rings. The molecule has 0 spiro atoms. The Hall–Kier alpha value is -0.780. The van der Waals surface area contributed by atoms with Crippen LogP contribution >= 0.6 is 11.6 Å². The Labute approximate surface area is 93.7 Å². The third kappa shape index (κ3) is 2.84.